The minimum absolute atomic E-state index is 0.780. The summed E-state index contributed by atoms with van der Waals surface area (Å²) in [5.41, 5.74) is 5.91. The van der Waals surface area contributed by atoms with Gasteiger partial charge in [0.2, 0.25) is 0 Å². The van der Waals surface area contributed by atoms with Gasteiger partial charge >= 0.3 is 0 Å². The van der Waals surface area contributed by atoms with Crippen molar-refractivity contribution in [1.82, 2.24) is 14.9 Å². The van der Waals surface area contributed by atoms with E-state index in [9.17, 15) is 0 Å². The van der Waals surface area contributed by atoms with Crippen molar-refractivity contribution in [2.75, 3.05) is 37.7 Å². The molecule has 5 nitrogen and oxygen atoms in total. The number of aromatic amines is 1. The Bertz CT molecular complexity index is 1080. The normalized spacial score (nSPS) is 17.1. The van der Waals surface area contributed by atoms with E-state index in [2.05, 4.69) is 97.2 Å². The molecule has 0 saturated carbocycles. The second-order valence-corrected chi connectivity index (χ2v) is 8.67. The summed E-state index contributed by atoms with van der Waals surface area (Å²) in [7, 11) is 0. The van der Waals surface area contributed by atoms with E-state index in [1.54, 1.807) is 0 Å². The number of rotatable bonds is 4. The molecule has 0 unspecified atom stereocenters. The van der Waals surface area contributed by atoms with E-state index in [-0.39, 0.29) is 0 Å². The number of fused-ring (bicyclic) bond motifs is 1. The lowest BCUT2D eigenvalue weighted by molar-refractivity contribution is 0.122. The molecule has 0 aliphatic carbocycles. The minimum Gasteiger partial charge on any atom is -0.378 e. The molecule has 1 saturated heterocycles. The van der Waals surface area contributed by atoms with Gasteiger partial charge in [0, 0.05) is 53.1 Å². The number of allylic oxidation sites excluding steroid dienone is 2. The van der Waals surface area contributed by atoms with Crippen molar-refractivity contribution in [2.45, 2.75) is 6.54 Å². The molecular formula is C23H23IN4O. The van der Waals surface area contributed by atoms with Crippen LogP contribution in [0.4, 0.5) is 5.69 Å². The van der Waals surface area contributed by atoms with Gasteiger partial charge in [-0.1, -0.05) is 18.2 Å². The molecule has 148 valence electrons. The first-order valence-electron chi connectivity index (χ1n) is 9.93. The third-order valence-electron chi connectivity index (χ3n) is 5.49. The lowest BCUT2D eigenvalue weighted by Crippen LogP contribution is -2.36. The number of H-pyrrole nitrogens is 1. The molecule has 29 heavy (non-hydrogen) atoms. The lowest BCUT2D eigenvalue weighted by atomic mass is 10.0. The van der Waals surface area contributed by atoms with Crippen molar-refractivity contribution in [3.63, 3.8) is 0 Å². The fourth-order valence-corrected chi connectivity index (χ4v) is 4.55. The number of pyridine rings is 1. The molecule has 0 spiro atoms. The predicted molar refractivity (Wildman–Crippen MR) is 126 cm³/mol. The standard InChI is InChI=1S/C23H23IN4O/c24-19-3-1-2-17(12-19)16-27-6-4-18(5-7-27)22-15-26-23-21(22)13-20(14-25-23)28-8-10-29-11-9-28/h1-6,12-15H,7-11,16H2,(H,25,26). The topological polar surface area (TPSA) is 44.4 Å². The maximum atomic E-state index is 5.48. The van der Waals surface area contributed by atoms with Gasteiger partial charge in [-0.15, -0.1) is 0 Å². The van der Waals surface area contributed by atoms with E-state index in [1.165, 1.54) is 31.3 Å². The van der Waals surface area contributed by atoms with E-state index in [4.69, 9.17) is 4.74 Å². The van der Waals surface area contributed by atoms with Gasteiger partial charge in [-0.25, -0.2) is 4.98 Å². The van der Waals surface area contributed by atoms with E-state index < -0.39 is 0 Å². The average Bonchev–Trinajstić information content (AvgIpc) is 3.18. The number of morpholine rings is 1. The Morgan fingerprint density at radius 1 is 1.17 bits per heavy atom. The minimum atomic E-state index is 0.780. The van der Waals surface area contributed by atoms with Crippen LogP contribution in [0.5, 0.6) is 0 Å². The summed E-state index contributed by atoms with van der Waals surface area (Å²) in [6.45, 7) is 5.23. The summed E-state index contributed by atoms with van der Waals surface area (Å²) in [6, 6.07) is 10.9. The number of aromatic nitrogens is 2. The first-order valence-corrected chi connectivity index (χ1v) is 11.0. The first-order chi connectivity index (χ1) is 14.3. The summed E-state index contributed by atoms with van der Waals surface area (Å²) in [4.78, 5) is 12.7. The number of halogens is 1. The smallest absolute Gasteiger partial charge is 0.138 e. The molecule has 6 heteroatoms. The molecule has 1 N–H and O–H groups in total. The van der Waals surface area contributed by atoms with Crippen LogP contribution in [0.15, 0.2) is 61.1 Å². The number of anilines is 1. The van der Waals surface area contributed by atoms with E-state index >= 15 is 0 Å². The highest BCUT2D eigenvalue weighted by Crippen LogP contribution is 2.30. The number of hydrogen-bond donors (Lipinski definition) is 1. The molecule has 2 aliphatic rings. The molecule has 2 aromatic heterocycles. The zero-order chi connectivity index (χ0) is 19.6. The van der Waals surface area contributed by atoms with Crippen LogP contribution in [0.25, 0.3) is 16.6 Å². The van der Waals surface area contributed by atoms with Gasteiger partial charge in [0.15, 0.2) is 0 Å². The Morgan fingerprint density at radius 2 is 2.07 bits per heavy atom. The quantitative estimate of drug-likeness (QED) is 0.542. The Balaban J connectivity index is 1.35. The van der Waals surface area contributed by atoms with Crippen LogP contribution < -0.4 is 4.90 Å². The molecule has 4 heterocycles. The predicted octanol–water partition coefficient (Wildman–Crippen LogP) is 4.42. The van der Waals surface area contributed by atoms with Crippen LogP contribution in [-0.2, 0) is 11.3 Å². The first kappa shape index (κ1) is 18.7. The van der Waals surface area contributed by atoms with Crippen molar-refractivity contribution in [2.24, 2.45) is 0 Å². The highest BCUT2D eigenvalue weighted by molar-refractivity contribution is 14.1. The van der Waals surface area contributed by atoms with Gasteiger partial charge in [-0.05, 0) is 58.0 Å². The number of benzene rings is 1. The zero-order valence-electron chi connectivity index (χ0n) is 16.1. The van der Waals surface area contributed by atoms with E-state index in [0.29, 0.717) is 0 Å². The number of nitrogens with one attached hydrogen (secondary N) is 1. The summed E-state index contributed by atoms with van der Waals surface area (Å²) in [5.74, 6) is 0. The second-order valence-electron chi connectivity index (χ2n) is 7.43. The maximum absolute atomic E-state index is 5.48. The zero-order valence-corrected chi connectivity index (χ0v) is 18.3. The second kappa shape index (κ2) is 8.20. The Hall–Kier alpha value is -2.32. The number of ether oxygens (including phenoxy) is 1. The van der Waals surface area contributed by atoms with Crippen LogP contribution in [0, 0.1) is 3.57 Å². The lowest BCUT2D eigenvalue weighted by Gasteiger charge is -2.28. The fourth-order valence-electron chi connectivity index (χ4n) is 3.94. The Kier molecular flexibility index (Phi) is 5.28. The summed E-state index contributed by atoms with van der Waals surface area (Å²) >= 11 is 2.37. The van der Waals surface area contributed by atoms with Crippen molar-refractivity contribution < 1.29 is 4.74 Å². The van der Waals surface area contributed by atoms with Gasteiger partial charge in [-0.2, -0.15) is 0 Å². The average molecular weight is 498 g/mol. The van der Waals surface area contributed by atoms with Crippen LogP contribution in [-0.4, -0.2) is 47.7 Å². The van der Waals surface area contributed by atoms with Crippen molar-refractivity contribution in [3.05, 3.63) is 75.8 Å². The Morgan fingerprint density at radius 3 is 2.86 bits per heavy atom. The molecule has 1 aromatic carbocycles. The molecule has 0 atom stereocenters. The van der Waals surface area contributed by atoms with Crippen molar-refractivity contribution in [3.8, 4) is 0 Å². The van der Waals surface area contributed by atoms with Crippen molar-refractivity contribution >= 4 is 44.9 Å². The van der Waals surface area contributed by atoms with Gasteiger partial charge < -0.3 is 19.5 Å². The molecule has 5 rings (SSSR count). The maximum Gasteiger partial charge on any atom is 0.138 e. The van der Waals surface area contributed by atoms with Gasteiger partial charge in [0.25, 0.3) is 0 Å². The fraction of sp³-hybridized carbons (Fsp3) is 0.261. The van der Waals surface area contributed by atoms with Crippen LogP contribution in [0.2, 0.25) is 0 Å². The molecule has 0 bridgehead atoms. The largest absolute Gasteiger partial charge is 0.378 e. The SMILES string of the molecule is Ic1cccc(CN2C=CC(c3c[nH]c4ncc(N5CCOCC5)cc34)=CC2)c1. The monoisotopic (exact) mass is 498 g/mol. The highest BCUT2D eigenvalue weighted by atomic mass is 127. The molecule has 2 aliphatic heterocycles. The molecule has 3 aromatic rings. The van der Waals surface area contributed by atoms with E-state index in [1.807, 2.05) is 6.20 Å². The molecular weight excluding hydrogens is 475 g/mol. The highest BCUT2D eigenvalue weighted by Gasteiger charge is 2.16. The number of hydrogen-bond acceptors (Lipinski definition) is 4. The summed E-state index contributed by atoms with van der Waals surface area (Å²) in [5, 5.41) is 1.18. The van der Waals surface area contributed by atoms with Crippen LogP contribution in [0.1, 0.15) is 11.1 Å². The molecule has 0 amide bonds. The van der Waals surface area contributed by atoms with Crippen LogP contribution >= 0.6 is 22.6 Å². The van der Waals surface area contributed by atoms with Gasteiger partial charge in [0.05, 0.1) is 25.1 Å². The van der Waals surface area contributed by atoms with Crippen molar-refractivity contribution in [1.29, 1.82) is 0 Å². The summed E-state index contributed by atoms with van der Waals surface area (Å²) < 4.78 is 6.76. The van der Waals surface area contributed by atoms with Gasteiger partial charge in [0.1, 0.15) is 5.65 Å². The Labute approximate surface area is 184 Å². The van der Waals surface area contributed by atoms with Gasteiger partial charge in [-0.3, -0.25) is 0 Å². The van der Waals surface area contributed by atoms with E-state index in [0.717, 1.165) is 45.0 Å². The third kappa shape index (κ3) is 4.04. The summed E-state index contributed by atoms with van der Waals surface area (Å²) in [6.07, 6.45) is 10.8. The van der Waals surface area contributed by atoms with Crippen LogP contribution in [0.3, 0.4) is 0 Å². The third-order valence-corrected chi connectivity index (χ3v) is 6.16. The molecule has 1 fully saturated rings. The molecule has 0 radical (unpaired) electrons. The number of nitrogens with zero attached hydrogens (tertiary/aromatic N) is 3.